The molecule has 0 spiro atoms. The first kappa shape index (κ1) is 21.5. The summed E-state index contributed by atoms with van der Waals surface area (Å²) in [6.45, 7) is 0.102. The average molecular weight is 466 g/mol. The first-order valence-corrected chi connectivity index (χ1v) is 10.2. The Morgan fingerprint density at radius 2 is 1.79 bits per heavy atom. The number of rotatable bonds is 4. The molecule has 0 saturated carbocycles. The highest BCUT2D eigenvalue weighted by Crippen LogP contribution is 2.36. The minimum absolute atomic E-state index is 0.0714. The minimum Gasteiger partial charge on any atom is -0.454 e. The third-order valence-electron chi connectivity index (χ3n) is 5.31. The molecule has 0 fully saturated rings. The molecule has 7 nitrogen and oxygen atoms in total. The van der Waals surface area contributed by atoms with Gasteiger partial charge in [-0.15, -0.1) is 0 Å². The van der Waals surface area contributed by atoms with Crippen molar-refractivity contribution in [1.82, 2.24) is 14.8 Å². The van der Waals surface area contributed by atoms with Crippen LogP contribution in [0, 0.1) is 0 Å². The monoisotopic (exact) mass is 466 g/mol. The summed E-state index contributed by atoms with van der Waals surface area (Å²) >= 11 is 0. The number of aromatic nitrogens is 3. The third-order valence-corrected chi connectivity index (χ3v) is 5.31. The Kier molecular flexibility index (Phi) is 5.20. The molecule has 0 radical (unpaired) electrons. The van der Waals surface area contributed by atoms with E-state index < -0.39 is 17.8 Å². The Hall–Kier alpha value is -4.34. The maximum Gasteiger partial charge on any atom is 0.433 e. The fraction of sp³-hybridized carbons (Fsp3) is 0.125. The van der Waals surface area contributed by atoms with Gasteiger partial charge in [-0.1, -0.05) is 12.1 Å². The lowest BCUT2D eigenvalue weighted by Gasteiger charge is -2.18. The van der Waals surface area contributed by atoms with Crippen LogP contribution in [0.4, 0.5) is 18.9 Å². The van der Waals surface area contributed by atoms with Crippen molar-refractivity contribution in [3.8, 4) is 28.6 Å². The highest BCUT2D eigenvalue weighted by Gasteiger charge is 2.36. The highest BCUT2D eigenvalue weighted by atomic mass is 19.4. The molecular formula is C24H17F3N4O3. The summed E-state index contributed by atoms with van der Waals surface area (Å²) in [6.07, 6.45) is -3.18. The summed E-state index contributed by atoms with van der Waals surface area (Å²) in [5.74, 6) is 0.680. The van der Waals surface area contributed by atoms with E-state index in [2.05, 4.69) is 10.1 Å². The number of alkyl halides is 3. The van der Waals surface area contributed by atoms with Gasteiger partial charge >= 0.3 is 6.18 Å². The van der Waals surface area contributed by atoms with Crippen molar-refractivity contribution in [2.45, 2.75) is 6.18 Å². The zero-order chi connectivity index (χ0) is 23.9. The van der Waals surface area contributed by atoms with Gasteiger partial charge in [0, 0.05) is 30.6 Å². The maximum absolute atomic E-state index is 13.8. The molecule has 2 aromatic heterocycles. The SMILES string of the molecule is CN(C(=O)c1cccc(-n2nc(-c3ccccn3)cc2C(F)(F)F)c1)c1ccc2c(c1)OCO2. The number of carbonyl (C=O) groups is 1. The molecule has 5 rings (SSSR count). The number of halogens is 3. The minimum atomic E-state index is -4.66. The fourth-order valence-electron chi connectivity index (χ4n) is 3.59. The Morgan fingerprint density at radius 1 is 0.971 bits per heavy atom. The summed E-state index contributed by atoms with van der Waals surface area (Å²) in [6, 6.07) is 16.8. The molecule has 3 heterocycles. The molecule has 2 aromatic carbocycles. The Balaban J connectivity index is 1.50. The molecule has 0 atom stereocenters. The highest BCUT2D eigenvalue weighted by molar-refractivity contribution is 6.06. The van der Waals surface area contributed by atoms with Crippen LogP contribution in [0.15, 0.2) is 72.9 Å². The molecule has 0 N–H and O–H groups in total. The van der Waals surface area contributed by atoms with Crippen LogP contribution >= 0.6 is 0 Å². The fourth-order valence-corrected chi connectivity index (χ4v) is 3.59. The van der Waals surface area contributed by atoms with Crippen molar-refractivity contribution in [3.63, 3.8) is 0 Å². The molecule has 1 aliphatic rings. The summed E-state index contributed by atoms with van der Waals surface area (Å²) in [5.41, 5.74) is 0.248. The predicted octanol–water partition coefficient (Wildman–Crippen LogP) is 4.96. The second-order valence-electron chi connectivity index (χ2n) is 7.49. The van der Waals surface area contributed by atoms with E-state index in [0.29, 0.717) is 22.9 Å². The summed E-state index contributed by atoms with van der Waals surface area (Å²) < 4.78 is 52.8. The van der Waals surface area contributed by atoms with Crippen LogP contribution in [-0.4, -0.2) is 34.5 Å². The number of amides is 1. The van der Waals surface area contributed by atoms with E-state index in [1.165, 1.54) is 35.4 Å². The Morgan fingerprint density at radius 3 is 2.56 bits per heavy atom. The van der Waals surface area contributed by atoms with Crippen molar-refractivity contribution < 1.29 is 27.4 Å². The number of fused-ring (bicyclic) bond motifs is 1. The summed E-state index contributed by atoms with van der Waals surface area (Å²) in [4.78, 5) is 18.6. The molecule has 172 valence electrons. The topological polar surface area (TPSA) is 69.5 Å². The molecule has 0 bridgehead atoms. The molecule has 0 unspecified atom stereocenters. The van der Waals surface area contributed by atoms with Gasteiger partial charge < -0.3 is 14.4 Å². The van der Waals surface area contributed by atoms with Gasteiger partial charge in [0.25, 0.3) is 5.91 Å². The van der Waals surface area contributed by atoms with E-state index in [1.807, 2.05) is 0 Å². The number of hydrogen-bond acceptors (Lipinski definition) is 5. The van der Waals surface area contributed by atoms with E-state index in [9.17, 15) is 18.0 Å². The molecular weight excluding hydrogens is 449 g/mol. The van der Waals surface area contributed by atoms with Gasteiger partial charge in [-0.2, -0.15) is 18.3 Å². The van der Waals surface area contributed by atoms with Gasteiger partial charge in [-0.05, 0) is 48.5 Å². The number of carbonyl (C=O) groups excluding carboxylic acids is 1. The largest absolute Gasteiger partial charge is 0.454 e. The van der Waals surface area contributed by atoms with Gasteiger partial charge in [0.05, 0.1) is 11.4 Å². The molecule has 0 saturated heterocycles. The van der Waals surface area contributed by atoms with Crippen molar-refractivity contribution in [2.24, 2.45) is 0 Å². The van der Waals surface area contributed by atoms with Gasteiger partial charge in [-0.25, -0.2) is 4.68 Å². The number of hydrogen-bond donors (Lipinski definition) is 0. The average Bonchev–Trinajstić information content (AvgIpc) is 3.51. The van der Waals surface area contributed by atoms with Gasteiger partial charge in [-0.3, -0.25) is 9.78 Å². The van der Waals surface area contributed by atoms with Crippen molar-refractivity contribution in [3.05, 3.63) is 84.2 Å². The number of pyridine rings is 1. The van der Waals surface area contributed by atoms with Crippen molar-refractivity contribution in [1.29, 1.82) is 0 Å². The smallest absolute Gasteiger partial charge is 0.433 e. The van der Waals surface area contributed by atoms with E-state index in [-0.39, 0.29) is 23.7 Å². The van der Waals surface area contributed by atoms with E-state index in [1.54, 1.807) is 43.4 Å². The van der Waals surface area contributed by atoms with Gasteiger partial charge in [0.2, 0.25) is 6.79 Å². The maximum atomic E-state index is 13.8. The molecule has 10 heteroatoms. The number of nitrogens with zero attached hydrogens (tertiary/aromatic N) is 4. The quantitative estimate of drug-likeness (QED) is 0.425. The zero-order valence-electron chi connectivity index (χ0n) is 17.8. The summed E-state index contributed by atoms with van der Waals surface area (Å²) in [7, 11) is 1.57. The summed E-state index contributed by atoms with van der Waals surface area (Å²) in [5, 5.41) is 4.14. The van der Waals surface area contributed by atoms with E-state index >= 15 is 0 Å². The van der Waals surface area contributed by atoms with Crippen LogP contribution in [-0.2, 0) is 6.18 Å². The number of benzene rings is 2. The number of ether oxygens (including phenoxy) is 2. The third kappa shape index (κ3) is 3.94. The molecule has 1 aliphatic heterocycles. The Bertz CT molecular complexity index is 1370. The standard InChI is InChI=1S/C24H17F3N4O3/c1-30(16-8-9-20-21(12-16)34-14-33-20)23(32)15-5-4-6-17(11-15)31-22(24(25,26)27)13-19(29-31)18-7-2-3-10-28-18/h2-13H,14H2,1H3. The van der Waals surface area contributed by atoms with E-state index in [4.69, 9.17) is 9.47 Å². The molecule has 1 amide bonds. The number of anilines is 1. The van der Waals surface area contributed by atoms with Crippen LogP contribution in [0.5, 0.6) is 11.5 Å². The lowest BCUT2D eigenvalue weighted by Crippen LogP contribution is -2.26. The normalized spacial score (nSPS) is 12.6. The molecule has 34 heavy (non-hydrogen) atoms. The first-order valence-electron chi connectivity index (χ1n) is 10.2. The van der Waals surface area contributed by atoms with Crippen LogP contribution in [0.25, 0.3) is 17.1 Å². The van der Waals surface area contributed by atoms with Crippen LogP contribution in [0.3, 0.4) is 0 Å². The second kappa shape index (κ2) is 8.22. The van der Waals surface area contributed by atoms with Gasteiger partial charge in [0.1, 0.15) is 11.4 Å². The van der Waals surface area contributed by atoms with Crippen LogP contribution < -0.4 is 14.4 Å². The molecule has 4 aromatic rings. The van der Waals surface area contributed by atoms with Gasteiger partial charge in [0.15, 0.2) is 11.5 Å². The Labute approximate surface area is 192 Å². The predicted molar refractivity (Wildman–Crippen MR) is 117 cm³/mol. The van der Waals surface area contributed by atoms with Crippen molar-refractivity contribution in [2.75, 3.05) is 18.7 Å². The first-order chi connectivity index (χ1) is 16.3. The van der Waals surface area contributed by atoms with Crippen LogP contribution in [0.2, 0.25) is 0 Å². The van der Waals surface area contributed by atoms with Crippen LogP contribution in [0.1, 0.15) is 16.1 Å². The zero-order valence-corrected chi connectivity index (χ0v) is 17.8. The van der Waals surface area contributed by atoms with E-state index in [0.717, 1.165) is 10.7 Å². The molecule has 0 aliphatic carbocycles. The lowest BCUT2D eigenvalue weighted by molar-refractivity contribution is -0.142. The van der Waals surface area contributed by atoms with Crippen molar-refractivity contribution >= 4 is 11.6 Å². The second-order valence-corrected chi connectivity index (χ2v) is 7.49. The lowest BCUT2D eigenvalue weighted by atomic mass is 10.1.